The Hall–Kier alpha value is -2.05. The van der Waals surface area contributed by atoms with Gasteiger partial charge in [-0.2, -0.15) is 0 Å². The molecule has 2 aromatic rings. The highest BCUT2D eigenvalue weighted by atomic mass is 32.2. The summed E-state index contributed by atoms with van der Waals surface area (Å²) < 4.78 is 18.5. The third-order valence-electron chi connectivity index (χ3n) is 3.58. The van der Waals surface area contributed by atoms with Crippen LogP contribution in [0.2, 0.25) is 0 Å². The van der Waals surface area contributed by atoms with Gasteiger partial charge in [-0.05, 0) is 35.4 Å². The number of carboxylic acids is 1. The zero-order valence-corrected chi connectivity index (χ0v) is 13.1. The summed E-state index contributed by atoms with van der Waals surface area (Å²) in [6.45, 7) is 0.372. The monoisotopic (exact) mass is 333 g/mol. The quantitative estimate of drug-likeness (QED) is 0.880. The zero-order valence-electron chi connectivity index (χ0n) is 12.2. The summed E-state index contributed by atoms with van der Waals surface area (Å²) in [5.41, 5.74) is 1.92. The molecule has 0 spiro atoms. The number of carbonyl (C=O) groups is 1. The number of benzene rings is 2. The number of hydrogen-bond donors (Lipinski definition) is 2. The highest BCUT2D eigenvalue weighted by molar-refractivity contribution is 7.99. The molecule has 0 aliphatic carbocycles. The molecule has 2 aromatic carbocycles. The standard InChI is InChI=1S/C17H16FNO3S/c18-13-5-1-11(2-6-13)9-22-14-7-3-12(4-8-14)16-19-15(10-23-16)17(20)21/h1-8,15-16,19H,9-10H2,(H,20,21). The van der Waals surface area contributed by atoms with E-state index in [0.717, 1.165) is 16.9 Å². The maximum atomic E-state index is 12.8. The minimum atomic E-state index is -0.820. The van der Waals surface area contributed by atoms with Crippen molar-refractivity contribution < 1.29 is 19.0 Å². The SMILES string of the molecule is O=C(O)C1CSC(c2ccc(OCc3ccc(F)cc3)cc2)N1. The van der Waals surface area contributed by atoms with Gasteiger partial charge < -0.3 is 9.84 Å². The Bertz CT molecular complexity index is 675. The van der Waals surface area contributed by atoms with Crippen molar-refractivity contribution in [3.63, 3.8) is 0 Å². The summed E-state index contributed by atoms with van der Waals surface area (Å²) in [5.74, 6) is 0.192. The van der Waals surface area contributed by atoms with Crippen molar-refractivity contribution in [3.8, 4) is 5.75 Å². The van der Waals surface area contributed by atoms with Crippen LogP contribution in [0.5, 0.6) is 5.75 Å². The Morgan fingerprint density at radius 1 is 1.22 bits per heavy atom. The molecule has 1 aliphatic rings. The Labute approximate surface area is 137 Å². The molecule has 0 amide bonds. The van der Waals surface area contributed by atoms with Crippen molar-refractivity contribution in [2.45, 2.75) is 18.0 Å². The highest BCUT2D eigenvalue weighted by Crippen LogP contribution is 2.33. The molecule has 4 nitrogen and oxygen atoms in total. The molecule has 0 bridgehead atoms. The van der Waals surface area contributed by atoms with E-state index in [1.807, 2.05) is 24.3 Å². The molecule has 2 atom stereocenters. The molecule has 0 aromatic heterocycles. The summed E-state index contributed by atoms with van der Waals surface area (Å²) in [7, 11) is 0. The van der Waals surface area contributed by atoms with Crippen molar-refractivity contribution in [1.82, 2.24) is 5.32 Å². The van der Waals surface area contributed by atoms with Gasteiger partial charge in [-0.3, -0.25) is 10.1 Å². The van der Waals surface area contributed by atoms with Crippen LogP contribution in [0.3, 0.4) is 0 Å². The number of aliphatic carboxylic acids is 1. The molecule has 1 heterocycles. The van der Waals surface area contributed by atoms with E-state index in [0.29, 0.717) is 12.4 Å². The molecule has 1 fully saturated rings. The zero-order chi connectivity index (χ0) is 16.2. The van der Waals surface area contributed by atoms with Crippen LogP contribution in [0.25, 0.3) is 0 Å². The topological polar surface area (TPSA) is 58.6 Å². The Morgan fingerprint density at radius 2 is 1.91 bits per heavy atom. The Kier molecular flexibility index (Phi) is 4.83. The molecule has 0 radical (unpaired) electrons. The third kappa shape index (κ3) is 4.03. The summed E-state index contributed by atoms with van der Waals surface area (Å²) >= 11 is 1.58. The first-order valence-electron chi connectivity index (χ1n) is 7.19. The van der Waals surface area contributed by atoms with Gasteiger partial charge in [-0.25, -0.2) is 4.39 Å². The van der Waals surface area contributed by atoms with Crippen molar-refractivity contribution in [2.75, 3.05) is 5.75 Å². The number of halogens is 1. The fraction of sp³-hybridized carbons (Fsp3) is 0.235. The number of thioether (sulfide) groups is 1. The second-order valence-corrected chi connectivity index (χ2v) is 6.39. The highest BCUT2D eigenvalue weighted by Gasteiger charge is 2.30. The summed E-state index contributed by atoms with van der Waals surface area (Å²) in [6, 6.07) is 13.3. The first-order chi connectivity index (χ1) is 11.1. The molecule has 0 saturated carbocycles. The minimum absolute atomic E-state index is 0.0118. The van der Waals surface area contributed by atoms with Crippen LogP contribution in [0, 0.1) is 5.82 Å². The normalized spacial score (nSPS) is 20.4. The predicted molar refractivity (Wildman–Crippen MR) is 86.9 cm³/mol. The van der Waals surface area contributed by atoms with Gasteiger partial charge in [-0.15, -0.1) is 11.8 Å². The van der Waals surface area contributed by atoms with Gasteiger partial charge in [0.25, 0.3) is 0 Å². The van der Waals surface area contributed by atoms with Crippen LogP contribution in [0.15, 0.2) is 48.5 Å². The molecule has 2 N–H and O–H groups in total. The van der Waals surface area contributed by atoms with E-state index in [1.165, 1.54) is 12.1 Å². The van der Waals surface area contributed by atoms with Crippen LogP contribution in [0.4, 0.5) is 4.39 Å². The largest absolute Gasteiger partial charge is 0.489 e. The fourth-order valence-electron chi connectivity index (χ4n) is 2.29. The van der Waals surface area contributed by atoms with Gasteiger partial charge in [0, 0.05) is 5.75 Å². The van der Waals surface area contributed by atoms with Crippen LogP contribution in [0.1, 0.15) is 16.5 Å². The van der Waals surface area contributed by atoms with Gasteiger partial charge >= 0.3 is 5.97 Å². The van der Waals surface area contributed by atoms with Gasteiger partial charge in [0.15, 0.2) is 0 Å². The molecule has 2 unspecified atom stereocenters. The lowest BCUT2D eigenvalue weighted by atomic mass is 10.2. The van der Waals surface area contributed by atoms with E-state index in [1.54, 1.807) is 23.9 Å². The number of hydrogen-bond acceptors (Lipinski definition) is 4. The van der Waals surface area contributed by atoms with E-state index in [2.05, 4.69) is 5.32 Å². The number of carboxylic acid groups (broad SMARTS) is 1. The Morgan fingerprint density at radius 3 is 2.52 bits per heavy atom. The molecule has 3 rings (SSSR count). The lowest BCUT2D eigenvalue weighted by molar-refractivity contribution is -0.138. The minimum Gasteiger partial charge on any atom is -0.489 e. The second kappa shape index (κ2) is 7.02. The number of nitrogens with one attached hydrogen (secondary N) is 1. The van der Waals surface area contributed by atoms with Crippen molar-refractivity contribution in [2.24, 2.45) is 0 Å². The van der Waals surface area contributed by atoms with Crippen LogP contribution in [-0.2, 0) is 11.4 Å². The average molecular weight is 333 g/mol. The molecule has 1 aliphatic heterocycles. The molecule has 23 heavy (non-hydrogen) atoms. The molecular formula is C17H16FNO3S. The van der Waals surface area contributed by atoms with Crippen LogP contribution in [-0.4, -0.2) is 22.9 Å². The van der Waals surface area contributed by atoms with Gasteiger partial charge in [0.1, 0.15) is 24.2 Å². The van der Waals surface area contributed by atoms with E-state index in [-0.39, 0.29) is 11.2 Å². The van der Waals surface area contributed by atoms with Gasteiger partial charge in [0.05, 0.1) is 5.37 Å². The molecule has 120 valence electrons. The predicted octanol–water partition coefficient (Wildman–Crippen LogP) is 3.19. The van der Waals surface area contributed by atoms with Gasteiger partial charge in [0.2, 0.25) is 0 Å². The smallest absolute Gasteiger partial charge is 0.321 e. The van der Waals surface area contributed by atoms with Crippen LogP contribution >= 0.6 is 11.8 Å². The second-order valence-electron chi connectivity index (χ2n) is 5.26. The molecule has 6 heteroatoms. The molecular weight excluding hydrogens is 317 g/mol. The summed E-state index contributed by atoms with van der Waals surface area (Å²) in [6.07, 6.45) is 0. The van der Waals surface area contributed by atoms with E-state index < -0.39 is 12.0 Å². The number of rotatable bonds is 5. The first-order valence-corrected chi connectivity index (χ1v) is 8.24. The van der Waals surface area contributed by atoms with Crippen molar-refractivity contribution >= 4 is 17.7 Å². The van der Waals surface area contributed by atoms with Crippen LogP contribution < -0.4 is 10.1 Å². The fourth-order valence-corrected chi connectivity index (χ4v) is 3.53. The maximum absolute atomic E-state index is 12.8. The van der Waals surface area contributed by atoms with E-state index in [9.17, 15) is 9.18 Å². The Balaban J connectivity index is 1.57. The van der Waals surface area contributed by atoms with Crippen molar-refractivity contribution in [1.29, 1.82) is 0 Å². The summed E-state index contributed by atoms with van der Waals surface area (Å²) in [4.78, 5) is 11.0. The lowest BCUT2D eigenvalue weighted by Gasteiger charge is -2.12. The van der Waals surface area contributed by atoms with E-state index in [4.69, 9.17) is 9.84 Å². The number of ether oxygens (including phenoxy) is 1. The first kappa shape index (κ1) is 15.8. The van der Waals surface area contributed by atoms with Gasteiger partial charge in [-0.1, -0.05) is 24.3 Å². The third-order valence-corrected chi connectivity index (χ3v) is 4.85. The lowest BCUT2D eigenvalue weighted by Crippen LogP contribution is -2.33. The summed E-state index contributed by atoms with van der Waals surface area (Å²) in [5, 5.41) is 12.1. The molecule has 1 saturated heterocycles. The van der Waals surface area contributed by atoms with E-state index >= 15 is 0 Å². The average Bonchev–Trinajstić information content (AvgIpc) is 3.05. The maximum Gasteiger partial charge on any atom is 0.321 e. The van der Waals surface area contributed by atoms with Crippen molar-refractivity contribution in [3.05, 3.63) is 65.5 Å².